The van der Waals surface area contributed by atoms with Gasteiger partial charge in [0, 0.05) is 13.0 Å². The summed E-state index contributed by atoms with van der Waals surface area (Å²) in [5, 5.41) is 18.4. The van der Waals surface area contributed by atoms with Gasteiger partial charge >= 0.3 is 5.97 Å². The smallest absolute Gasteiger partial charge is 0.324 e. The number of nitrogens with zero attached hydrogens (tertiary/aromatic N) is 1. The van der Waals surface area contributed by atoms with Crippen molar-refractivity contribution >= 4 is 5.97 Å². The van der Waals surface area contributed by atoms with Gasteiger partial charge in [-0.2, -0.15) is 0 Å². The summed E-state index contributed by atoms with van der Waals surface area (Å²) in [5.41, 5.74) is -0.723. The Balaban J connectivity index is 2.26. The second-order valence-corrected chi connectivity index (χ2v) is 3.74. The van der Waals surface area contributed by atoms with Gasteiger partial charge in [-0.05, 0) is 19.4 Å². The van der Waals surface area contributed by atoms with Gasteiger partial charge in [0.15, 0.2) is 0 Å². The van der Waals surface area contributed by atoms with E-state index in [0.29, 0.717) is 19.4 Å². The molecular formula is C8H13NO3. The van der Waals surface area contributed by atoms with Crippen molar-refractivity contribution in [2.75, 3.05) is 13.1 Å². The monoisotopic (exact) mass is 171 g/mol. The first kappa shape index (κ1) is 8.01. The Kier molecular flexibility index (Phi) is 1.63. The number of aliphatic carboxylic acids is 1. The Labute approximate surface area is 70.8 Å². The van der Waals surface area contributed by atoms with Gasteiger partial charge in [0.05, 0.1) is 6.10 Å². The summed E-state index contributed by atoms with van der Waals surface area (Å²) in [6.07, 6.45) is 1.60. The quantitative estimate of drug-likeness (QED) is 0.567. The van der Waals surface area contributed by atoms with Crippen LogP contribution < -0.4 is 0 Å². The highest BCUT2D eigenvalue weighted by Gasteiger charge is 2.53. The minimum Gasteiger partial charge on any atom is -0.480 e. The molecule has 0 unspecified atom stereocenters. The normalized spacial score (nSPS) is 41.6. The Morgan fingerprint density at radius 2 is 2.33 bits per heavy atom. The molecule has 0 aromatic heterocycles. The van der Waals surface area contributed by atoms with Gasteiger partial charge in [-0.15, -0.1) is 0 Å². The van der Waals surface area contributed by atoms with Crippen molar-refractivity contribution < 1.29 is 15.0 Å². The van der Waals surface area contributed by atoms with Gasteiger partial charge in [0.1, 0.15) is 5.54 Å². The maximum atomic E-state index is 11.0. The summed E-state index contributed by atoms with van der Waals surface area (Å²) in [7, 11) is 0. The lowest BCUT2D eigenvalue weighted by molar-refractivity contribution is -0.148. The van der Waals surface area contributed by atoms with Crippen LogP contribution in [0.1, 0.15) is 19.3 Å². The van der Waals surface area contributed by atoms with Gasteiger partial charge in [0.25, 0.3) is 0 Å². The van der Waals surface area contributed by atoms with E-state index in [4.69, 9.17) is 5.11 Å². The fraction of sp³-hybridized carbons (Fsp3) is 0.875. The molecule has 0 aliphatic carbocycles. The Hall–Kier alpha value is -0.610. The average Bonchev–Trinajstić information content (AvgIpc) is 2.42. The molecule has 2 N–H and O–H groups in total. The number of β-amino-alcohol motifs (C(OH)–C–C–N with tert-alkyl or cyclic N) is 1. The molecule has 0 spiro atoms. The maximum absolute atomic E-state index is 11.0. The summed E-state index contributed by atoms with van der Waals surface area (Å²) in [4.78, 5) is 12.9. The van der Waals surface area contributed by atoms with Crippen LogP contribution in [0.25, 0.3) is 0 Å². The first-order valence-corrected chi connectivity index (χ1v) is 4.32. The summed E-state index contributed by atoms with van der Waals surface area (Å²) < 4.78 is 0. The maximum Gasteiger partial charge on any atom is 0.324 e. The third-order valence-corrected chi connectivity index (χ3v) is 3.03. The topological polar surface area (TPSA) is 60.8 Å². The van der Waals surface area contributed by atoms with E-state index in [1.54, 1.807) is 0 Å². The predicted octanol–water partition coefficient (Wildman–Crippen LogP) is -0.330. The van der Waals surface area contributed by atoms with Crippen molar-refractivity contribution in [1.82, 2.24) is 4.90 Å². The largest absolute Gasteiger partial charge is 0.480 e. The van der Waals surface area contributed by atoms with E-state index in [2.05, 4.69) is 0 Å². The molecule has 2 aliphatic rings. The van der Waals surface area contributed by atoms with Crippen molar-refractivity contribution in [1.29, 1.82) is 0 Å². The highest BCUT2D eigenvalue weighted by Crippen LogP contribution is 2.38. The third kappa shape index (κ3) is 0.881. The number of aliphatic hydroxyl groups is 1. The number of aliphatic hydroxyl groups excluding tert-OH is 1. The third-order valence-electron chi connectivity index (χ3n) is 3.03. The molecule has 68 valence electrons. The van der Waals surface area contributed by atoms with E-state index >= 15 is 0 Å². The minimum atomic E-state index is -0.767. The van der Waals surface area contributed by atoms with Crippen LogP contribution >= 0.6 is 0 Å². The SMILES string of the molecule is O=C(O)[C@]12CCCN1C[C@H](O)C2. The fourth-order valence-corrected chi connectivity index (χ4v) is 2.47. The highest BCUT2D eigenvalue weighted by molar-refractivity contribution is 5.79. The Bertz CT molecular complexity index is 218. The number of hydrogen-bond acceptors (Lipinski definition) is 3. The van der Waals surface area contributed by atoms with Crippen LogP contribution in [0.5, 0.6) is 0 Å². The van der Waals surface area contributed by atoms with Crippen molar-refractivity contribution in [3.8, 4) is 0 Å². The van der Waals surface area contributed by atoms with E-state index in [1.807, 2.05) is 4.90 Å². The number of carboxylic acid groups (broad SMARTS) is 1. The molecule has 0 amide bonds. The van der Waals surface area contributed by atoms with E-state index in [-0.39, 0.29) is 0 Å². The molecule has 0 aromatic carbocycles. The molecule has 0 radical (unpaired) electrons. The second-order valence-electron chi connectivity index (χ2n) is 3.74. The molecule has 0 aromatic rings. The Morgan fingerprint density at radius 1 is 1.58 bits per heavy atom. The van der Waals surface area contributed by atoms with Gasteiger partial charge < -0.3 is 10.2 Å². The first-order chi connectivity index (χ1) is 5.65. The minimum absolute atomic E-state index is 0.405. The zero-order valence-electron chi connectivity index (χ0n) is 6.86. The lowest BCUT2D eigenvalue weighted by atomic mass is 9.94. The van der Waals surface area contributed by atoms with Crippen LogP contribution in [0.2, 0.25) is 0 Å². The van der Waals surface area contributed by atoms with Crippen LogP contribution in [0.3, 0.4) is 0 Å². The average molecular weight is 171 g/mol. The predicted molar refractivity (Wildman–Crippen MR) is 41.8 cm³/mol. The first-order valence-electron chi connectivity index (χ1n) is 4.32. The van der Waals surface area contributed by atoms with Crippen molar-refractivity contribution in [2.45, 2.75) is 30.9 Å². The molecule has 4 heteroatoms. The molecule has 2 rings (SSSR count). The van der Waals surface area contributed by atoms with Crippen LogP contribution in [-0.2, 0) is 4.79 Å². The zero-order chi connectivity index (χ0) is 8.77. The summed E-state index contributed by atoms with van der Waals surface area (Å²) in [6, 6.07) is 0. The molecule has 2 aliphatic heterocycles. The molecule has 2 heterocycles. The van der Waals surface area contributed by atoms with Crippen molar-refractivity contribution in [3.63, 3.8) is 0 Å². The summed E-state index contributed by atoms with van der Waals surface area (Å²) >= 11 is 0. The molecule has 2 atom stereocenters. The van der Waals surface area contributed by atoms with Crippen LogP contribution in [0.4, 0.5) is 0 Å². The lowest BCUT2D eigenvalue weighted by Gasteiger charge is -2.26. The number of carboxylic acids is 1. The van der Waals surface area contributed by atoms with Gasteiger partial charge in [-0.25, -0.2) is 0 Å². The number of carbonyl (C=O) groups is 1. The standard InChI is InChI=1S/C8H13NO3/c10-6-4-8(7(11)12)2-1-3-9(8)5-6/h6,10H,1-5H2,(H,11,12)/t6-,8-/m1/s1. The lowest BCUT2D eigenvalue weighted by Crippen LogP contribution is -2.45. The molecule has 2 saturated heterocycles. The molecule has 12 heavy (non-hydrogen) atoms. The number of hydrogen-bond donors (Lipinski definition) is 2. The van der Waals surface area contributed by atoms with E-state index in [0.717, 1.165) is 13.0 Å². The Morgan fingerprint density at radius 3 is 2.92 bits per heavy atom. The summed E-state index contributed by atoms with van der Waals surface area (Å²) in [6.45, 7) is 1.36. The van der Waals surface area contributed by atoms with Gasteiger partial charge in [-0.3, -0.25) is 9.69 Å². The van der Waals surface area contributed by atoms with Gasteiger partial charge in [-0.1, -0.05) is 0 Å². The van der Waals surface area contributed by atoms with E-state index in [1.165, 1.54) is 0 Å². The van der Waals surface area contributed by atoms with Crippen LogP contribution in [0.15, 0.2) is 0 Å². The molecule has 2 fully saturated rings. The highest BCUT2D eigenvalue weighted by atomic mass is 16.4. The van der Waals surface area contributed by atoms with E-state index < -0.39 is 17.6 Å². The van der Waals surface area contributed by atoms with Crippen molar-refractivity contribution in [3.05, 3.63) is 0 Å². The second kappa shape index (κ2) is 2.44. The molecular weight excluding hydrogens is 158 g/mol. The molecule has 0 bridgehead atoms. The van der Waals surface area contributed by atoms with Crippen molar-refractivity contribution in [2.24, 2.45) is 0 Å². The van der Waals surface area contributed by atoms with Crippen LogP contribution in [0, 0.1) is 0 Å². The van der Waals surface area contributed by atoms with Crippen LogP contribution in [-0.4, -0.2) is 45.8 Å². The van der Waals surface area contributed by atoms with E-state index in [9.17, 15) is 9.90 Å². The number of rotatable bonds is 1. The fourth-order valence-electron chi connectivity index (χ4n) is 2.47. The van der Waals surface area contributed by atoms with Gasteiger partial charge in [0.2, 0.25) is 0 Å². The number of fused-ring (bicyclic) bond motifs is 1. The molecule has 4 nitrogen and oxygen atoms in total. The summed E-state index contributed by atoms with van der Waals surface area (Å²) in [5.74, 6) is -0.767. The zero-order valence-corrected chi connectivity index (χ0v) is 6.86. The molecule has 0 saturated carbocycles.